The minimum Gasteiger partial charge on any atom is -0.492 e. The Balaban J connectivity index is 1.43. The van der Waals surface area contributed by atoms with E-state index in [1.165, 1.54) is 16.9 Å². The van der Waals surface area contributed by atoms with E-state index in [0.717, 1.165) is 27.2 Å². The highest BCUT2D eigenvalue weighted by Gasteiger charge is 2.10. The summed E-state index contributed by atoms with van der Waals surface area (Å²) in [6.45, 7) is 2.58. The van der Waals surface area contributed by atoms with Gasteiger partial charge < -0.3 is 10.1 Å². The van der Waals surface area contributed by atoms with Crippen LogP contribution >= 0.6 is 27.3 Å². The molecule has 0 bridgehead atoms. The molecule has 0 unspecified atom stereocenters. The van der Waals surface area contributed by atoms with E-state index in [-0.39, 0.29) is 5.91 Å². The Morgan fingerprint density at radius 2 is 2.19 bits per heavy atom. The molecule has 0 fully saturated rings. The summed E-state index contributed by atoms with van der Waals surface area (Å²) in [5.41, 5.74) is 2.12. The Labute approximate surface area is 170 Å². The number of halogens is 1. The maximum absolute atomic E-state index is 12.1. The van der Waals surface area contributed by atoms with Gasteiger partial charge in [-0.1, -0.05) is 24.3 Å². The van der Waals surface area contributed by atoms with E-state index in [0.29, 0.717) is 24.6 Å². The van der Waals surface area contributed by atoms with E-state index in [4.69, 9.17) is 4.74 Å². The second-order valence-electron chi connectivity index (χ2n) is 5.77. The average molecular weight is 447 g/mol. The molecule has 3 rings (SSSR count). The highest BCUT2D eigenvalue weighted by molar-refractivity contribution is 9.10. The lowest BCUT2D eigenvalue weighted by Gasteiger charge is -2.09. The van der Waals surface area contributed by atoms with Crippen LogP contribution in [0.15, 0.2) is 47.2 Å². The van der Waals surface area contributed by atoms with E-state index in [1.54, 1.807) is 12.4 Å². The third-order valence-electron chi connectivity index (χ3n) is 3.79. The van der Waals surface area contributed by atoms with Gasteiger partial charge in [-0.05, 0) is 58.6 Å². The topological polar surface area (TPSA) is 77.0 Å². The predicted molar refractivity (Wildman–Crippen MR) is 110 cm³/mol. The van der Waals surface area contributed by atoms with Gasteiger partial charge in [0.15, 0.2) is 5.01 Å². The van der Waals surface area contributed by atoms with E-state index >= 15 is 0 Å². The van der Waals surface area contributed by atoms with Crippen LogP contribution in [0.2, 0.25) is 0 Å². The number of benzene rings is 1. The molecule has 27 heavy (non-hydrogen) atoms. The molecule has 8 heteroatoms. The molecule has 0 aliphatic heterocycles. The molecular formula is C19H19BrN4O2S. The standard InChI is InChI=1S/C19H19BrN4O2S/c1-2-13-7-8-16(15(20)11-13)26-10-4-6-17(25)22-19-24-23-18(27-19)14-5-3-9-21-12-14/h3,5,7-9,11-12H,2,4,6,10H2,1H3,(H,22,24,25). The first-order chi connectivity index (χ1) is 13.2. The fourth-order valence-corrected chi connectivity index (χ4v) is 3.65. The number of amides is 1. The molecule has 1 N–H and O–H groups in total. The van der Waals surface area contributed by atoms with Gasteiger partial charge in [-0.3, -0.25) is 9.78 Å². The number of nitrogens with one attached hydrogen (secondary N) is 1. The highest BCUT2D eigenvalue weighted by Crippen LogP contribution is 2.27. The van der Waals surface area contributed by atoms with Crippen LogP contribution in [-0.2, 0) is 11.2 Å². The van der Waals surface area contributed by atoms with Crippen LogP contribution < -0.4 is 10.1 Å². The summed E-state index contributed by atoms with van der Waals surface area (Å²) >= 11 is 4.84. The summed E-state index contributed by atoms with van der Waals surface area (Å²) in [6, 6.07) is 9.79. The van der Waals surface area contributed by atoms with Gasteiger partial charge in [-0.15, -0.1) is 10.2 Å². The largest absolute Gasteiger partial charge is 0.492 e. The number of carbonyl (C=O) groups excluding carboxylic acids is 1. The summed E-state index contributed by atoms with van der Waals surface area (Å²) in [7, 11) is 0. The smallest absolute Gasteiger partial charge is 0.226 e. The van der Waals surface area contributed by atoms with Crippen molar-refractivity contribution in [3.8, 4) is 16.3 Å². The molecule has 1 aromatic carbocycles. The highest BCUT2D eigenvalue weighted by atomic mass is 79.9. The third kappa shape index (κ3) is 5.58. The number of hydrogen-bond donors (Lipinski definition) is 1. The van der Waals surface area contributed by atoms with E-state index in [2.05, 4.69) is 49.4 Å². The fraction of sp³-hybridized carbons (Fsp3) is 0.263. The number of pyridine rings is 1. The summed E-state index contributed by atoms with van der Waals surface area (Å²) in [5.74, 6) is 0.686. The molecule has 2 aromatic heterocycles. The zero-order chi connectivity index (χ0) is 19.1. The predicted octanol–water partition coefficient (Wildman–Crippen LogP) is 4.72. The normalized spacial score (nSPS) is 10.6. The van der Waals surface area contributed by atoms with Crippen LogP contribution in [0, 0.1) is 0 Å². The second-order valence-corrected chi connectivity index (χ2v) is 7.60. The van der Waals surface area contributed by atoms with Crippen molar-refractivity contribution in [3.63, 3.8) is 0 Å². The summed E-state index contributed by atoms with van der Waals surface area (Å²) in [5, 5.41) is 12.1. The minimum absolute atomic E-state index is 0.104. The first kappa shape index (κ1) is 19.4. The average Bonchev–Trinajstić information content (AvgIpc) is 3.15. The molecule has 0 saturated carbocycles. The molecule has 6 nitrogen and oxygen atoms in total. The Morgan fingerprint density at radius 3 is 2.93 bits per heavy atom. The van der Waals surface area contributed by atoms with Gasteiger partial charge in [0.1, 0.15) is 5.75 Å². The number of carbonyl (C=O) groups is 1. The number of hydrogen-bond acceptors (Lipinski definition) is 6. The number of anilines is 1. The SMILES string of the molecule is CCc1ccc(OCCCC(=O)Nc2nnc(-c3cccnc3)s2)c(Br)c1. The lowest BCUT2D eigenvalue weighted by Crippen LogP contribution is -2.12. The van der Waals surface area contributed by atoms with Gasteiger partial charge in [0.25, 0.3) is 0 Å². The monoisotopic (exact) mass is 446 g/mol. The van der Waals surface area contributed by atoms with Crippen molar-refractivity contribution in [2.75, 3.05) is 11.9 Å². The molecule has 0 saturated heterocycles. The van der Waals surface area contributed by atoms with Crippen LogP contribution in [-0.4, -0.2) is 27.7 Å². The van der Waals surface area contributed by atoms with Gasteiger partial charge in [-0.25, -0.2) is 0 Å². The molecule has 0 aliphatic carbocycles. The van der Waals surface area contributed by atoms with Crippen molar-refractivity contribution in [3.05, 3.63) is 52.8 Å². The zero-order valence-corrected chi connectivity index (χ0v) is 17.2. The number of rotatable bonds is 8. The lowest BCUT2D eigenvalue weighted by molar-refractivity contribution is -0.116. The van der Waals surface area contributed by atoms with Gasteiger partial charge in [-0.2, -0.15) is 0 Å². The molecule has 0 radical (unpaired) electrons. The van der Waals surface area contributed by atoms with E-state index < -0.39 is 0 Å². The molecule has 0 spiro atoms. The molecule has 1 amide bonds. The number of aryl methyl sites for hydroxylation is 1. The minimum atomic E-state index is -0.104. The van der Waals surface area contributed by atoms with E-state index in [9.17, 15) is 4.79 Å². The van der Waals surface area contributed by atoms with Crippen LogP contribution in [0.4, 0.5) is 5.13 Å². The quantitative estimate of drug-likeness (QED) is 0.506. The summed E-state index contributed by atoms with van der Waals surface area (Å²) in [6.07, 6.45) is 5.36. The second kappa shape index (κ2) is 9.57. The van der Waals surface area contributed by atoms with Crippen LogP contribution in [0.1, 0.15) is 25.3 Å². The summed E-state index contributed by atoms with van der Waals surface area (Å²) < 4.78 is 6.67. The van der Waals surface area contributed by atoms with Crippen LogP contribution in [0.3, 0.4) is 0 Å². The molecule has 3 aromatic rings. The maximum atomic E-state index is 12.1. The van der Waals surface area contributed by atoms with Crippen LogP contribution in [0.25, 0.3) is 10.6 Å². The van der Waals surface area contributed by atoms with Gasteiger partial charge >= 0.3 is 0 Å². The van der Waals surface area contributed by atoms with Gasteiger partial charge in [0.2, 0.25) is 11.0 Å². The maximum Gasteiger partial charge on any atom is 0.226 e. The third-order valence-corrected chi connectivity index (χ3v) is 5.30. The van der Waals surface area contributed by atoms with Crippen LogP contribution in [0.5, 0.6) is 5.75 Å². The molecular weight excluding hydrogens is 428 g/mol. The van der Waals surface area contributed by atoms with Crippen molar-refractivity contribution in [2.24, 2.45) is 0 Å². The lowest BCUT2D eigenvalue weighted by atomic mass is 10.2. The van der Waals surface area contributed by atoms with Crippen molar-refractivity contribution < 1.29 is 9.53 Å². The molecule has 0 aliphatic rings. The first-order valence-electron chi connectivity index (χ1n) is 8.60. The van der Waals surface area contributed by atoms with Crippen molar-refractivity contribution in [2.45, 2.75) is 26.2 Å². The Bertz CT molecular complexity index is 902. The van der Waals surface area contributed by atoms with E-state index in [1.807, 2.05) is 24.3 Å². The van der Waals surface area contributed by atoms with Crippen molar-refractivity contribution in [1.29, 1.82) is 0 Å². The number of nitrogens with zero attached hydrogens (tertiary/aromatic N) is 3. The number of aromatic nitrogens is 3. The zero-order valence-electron chi connectivity index (χ0n) is 14.8. The fourth-order valence-electron chi connectivity index (χ4n) is 2.36. The molecule has 140 valence electrons. The Kier molecular flexibility index (Phi) is 6.89. The van der Waals surface area contributed by atoms with Gasteiger partial charge in [0.05, 0.1) is 11.1 Å². The molecule has 0 atom stereocenters. The number of ether oxygens (including phenoxy) is 1. The van der Waals surface area contributed by atoms with Gasteiger partial charge in [0, 0.05) is 24.4 Å². The van der Waals surface area contributed by atoms with Crippen molar-refractivity contribution in [1.82, 2.24) is 15.2 Å². The Morgan fingerprint density at radius 1 is 1.30 bits per heavy atom. The first-order valence-corrected chi connectivity index (χ1v) is 10.2. The Hall–Kier alpha value is -2.32. The molecule has 2 heterocycles. The van der Waals surface area contributed by atoms with Crippen molar-refractivity contribution >= 4 is 38.3 Å². The summed E-state index contributed by atoms with van der Waals surface area (Å²) in [4.78, 5) is 16.1.